The highest BCUT2D eigenvalue weighted by atomic mass is 35.5. The van der Waals surface area contributed by atoms with E-state index in [0.717, 1.165) is 0 Å². The van der Waals surface area contributed by atoms with Crippen LogP contribution >= 0.6 is 35.0 Å². The Balaban J connectivity index is 2.30. The molecule has 0 amide bonds. The summed E-state index contributed by atoms with van der Waals surface area (Å²) in [5.41, 5.74) is 2.28. The Labute approximate surface area is 175 Å². The first-order chi connectivity index (χ1) is 13.5. The Hall–Kier alpha value is -2.29. The lowest BCUT2D eigenvalue weighted by molar-refractivity contribution is -0.237. The zero-order valence-electron chi connectivity index (χ0n) is 14.2. The van der Waals surface area contributed by atoms with Crippen molar-refractivity contribution in [3.8, 4) is 11.8 Å². The molecule has 1 N–H and O–H groups in total. The van der Waals surface area contributed by atoms with E-state index in [4.69, 9.17) is 27.9 Å². The van der Waals surface area contributed by atoms with Gasteiger partial charge in [-0.15, -0.1) is 0 Å². The van der Waals surface area contributed by atoms with Crippen LogP contribution in [0.3, 0.4) is 0 Å². The summed E-state index contributed by atoms with van der Waals surface area (Å²) in [7, 11) is 1.50. The number of aromatic nitrogens is 1. The molecule has 0 aliphatic heterocycles. The molecule has 154 valence electrons. The lowest BCUT2D eigenvalue weighted by Gasteiger charge is -2.19. The van der Waals surface area contributed by atoms with Gasteiger partial charge in [0.1, 0.15) is 28.1 Å². The second-order valence-corrected chi connectivity index (χ2v) is 6.98. The van der Waals surface area contributed by atoms with Crippen molar-refractivity contribution in [3.63, 3.8) is 0 Å². The molecular formula is C16H9Cl2F5N4OS. The maximum Gasteiger partial charge on any atom is 0.464 e. The van der Waals surface area contributed by atoms with E-state index in [-0.39, 0.29) is 5.69 Å². The summed E-state index contributed by atoms with van der Waals surface area (Å²) < 4.78 is 68.8. The zero-order valence-corrected chi connectivity index (χ0v) is 16.5. The number of thioether (sulfide) groups is 1. The van der Waals surface area contributed by atoms with Gasteiger partial charge in [0, 0.05) is 0 Å². The molecule has 1 heterocycles. The number of pyridine rings is 1. The molecule has 2 rings (SSSR count). The van der Waals surface area contributed by atoms with Crippen molar-refractivity contribution < 1.29 is 26.7 Å². The molecule has 0 atom stereocenters. The Morgan fingerprint density at radius 2 is 1.83 bits per heavy atom. The van der Waals surface area contributed by atoms with Crippen LogP contribution < -0.4 is 10.2 Å². The van der Waals surface area contributed by atoms with E-state index in [0.29, 0.717) is 11.3 Å². The van der Waals surface area contributed by atoms with Crippen LogP contribution in [0.4, 0.5) is 27.6 Å². The number of anilines is 1. The molecule has 1 aromatic carbocycles. The maximum absolute atomic E-state index is 13.3. The van der Waals surface area contributed by atoms with Crippen molar-refractivity contribution in [1.29, 1.82) is 5.26 Å². The van der Waals surface area contributed by atoms with Gasteiger partial charge >= 0.3 is 11.4 Å². The smallest absolute Gasteiger partial charge is 0.464 e. The van der Waals surface area contributed by atoms with E-state index >= 15 is 0 Å². The van der Waals surface area contributed by atoms with Gasteiger partial charge in [0.15, 0.2) is 5.15 Å². The van der Waals surface area contributed by atoms with Crippen LogP contribution in [0.2, 0.25) is 10.2 Å². The minimum absolute atomic E-state index is 0.247. The molecule has 0 aliphatic carbocycles. The number of benzene rings is 1. The summed E-state index contributed by atoms with van der Waals surface area (Å²) in [4.78, 5) is 3.44. The van der Waals surface area contributed by atoms with Crippen LogP contribution in [0.1, 0.15) is 11.1 Å². The summed E-state index contributed by atoms with van der Waals surface area (Å²) in [6.45, 7) is 0. The highest BCUT2D eigenvalue weighted by Crippen LogP contribution is 2.50. The summed E-state index contributed by atoms with van der Waals surface area (Å²) in [5, 5.41) is 5.68. The van der Waals surface area contributed by atoms with E-state index in [1.54, 1.807) is 30.3 Å². The molecule has 5 nitrogen and oxygen atoms in total. The monoisotopic (exact) mass is 470 g/mol. The van der Waals surface area contributed by atoms with Gasteiger partial charge in [-0.05, 0) is 41.6 Å². The van der Waals surface area contributed by atoms with Gasteiger partial charge in [-0.2, -0.15) is 32.3 Å². The zero-order chi connectivity index (χ0) is 21.8. The van der Waals surface area contributed by atoms with Crippen LogP contribution in [-0.4, -0.2) is 29.7 Å². The Kier molecular flexibility index (Phi) is 7.15. The van der Waals surface area contributed by atoms with Crippen LogP contribution in [0.5, 0.6) is 5.75 Å². The Morgan fingerprint density at radius 1 is 1.21 bits per heavy atom. The standard InChI is InChI=1S/C16H9Cl2F5N4OS/c1-28-9-4-2-8(3-5-9)7-25-27-12-10(6-24)11(17)14(26-13(12)18)29-16(22,23)15(19,20)21/h2-5,7,27H,1H3/b25-7+. The second-order valence-electron chi connectivity index (χ2n) is 5.14. The van der Waals surface area contributed by atoms with E-state index in [1.807, 2.05) is 0 Å². The molecule has 0 aliphatic rings. The summed E-state index contributed by atoms with van der Waals surface area (Å²) in [6.07, 6.45) is -4.51. The fraction of sp³-hybridized carbons (Fsp3) is 0.188. The minimum Gasteiger partial charge on any atom is -0.497 e. The molecule has 0 bridgehead atoms. The number of hydrogen-bond donors (Lipinski definition) is 1. The number of halogens is 7. The van der Waals surface area contributed by atoms with Crippen LogP contribution in [-0.2, 0) is 0 Å². The van der Waals surface area contributed by atoms with Crippen LogP contribution in [0.25, 0.3) is 0 Å². The average Bonchev–Trinajstić information content (AvgIpc) is 2.65. The van der Waals surface area contributed by atoms with Gasteiger partial charge < -0.3 is 4.74 Å². The van der Waals surface area contributed by atoms with Crippen LogP contribution in [0.15, 0.2) is 34.4 Å². The fourth-order valence-electron chi connectivity index (χ4n) is 1.83. The van der Waals surface area contributed by atoms with Crippen molar-refractivity contribution in [1.82, 2.24) is 4.98 Å². The number of nitriles is 1. The largest absolute Gasteiger partial charge is 0.497 e. The normalized spacial score (nSPS) is 12.1. The highest BCUT2D eigenvalue weighted by molar-refractivity contribution is 8.00. The predicted molar refractivity (Wildman–Crippen MR) is 100 cm³/mol. The van der Waals surface area contributed by atoms with Gasteiger partial charge in [0.25, 0.3) is 0 Å². The third-order valence-electron chi connectivity index (χ3n) is 3.24. The quantitative estimate of drug-likeness (QED) is 0.185. The van der Waals surface area contributed by atoms with Crippen molar-refractivity contribution in [2.75, 3.05) is 12.5 Å². The van der Waals surface area contributed by atoms with E-state index in [1.165, 1.54) is 13.3 Å². The lowest BCUT2D eigenvalue weighted by atomic mass is 10.2. The topological polar surface area (TPSA) is 70.3 Å². The van der Waals surface area contributed by atoms with Gasteiger partial charge in [-0.1, -0.05) is 23.2 Å². The lowest BCUT2D eigenvalue weighted by Crippen LogP contribution is -2.32. The molecular weight excluding hydrogens is 462 g/mol. The number of nitrogens with one attached hydrogen (secondary N) is 1. The number of ether oxygens (including phenoxy) is 1. The van der Waals surface area contributed by atoms with Crippen molar-refractivity contribution >= 4 is 46.9 Å². The SMILES string of the molecule is COc1ccc(/C=N/Nc2c(Cl)nc(SC(F)(F)C(F)(F)F)c(Cl)c2C#N)cc1. The van der Waals surface area contributed by atoms with Crippen molar-refractivity contribution in [2.45, 2.75) is 16.5 Å². The van der Waals surface area contributed by atoms with E-state index < -0.39 is 44.0 Å². The summed E-state index contributed by atoms with van der Waals surface area (Å²) in [5.74, 6) is 0.615. The predicted octanol–water partition coefficient (Wildman–Crippen LogP) is 5.96. The molecule has 0 unspecified atom stereocenters. The number of rotatable bonds is 6. The molecule has 0 radical (unpaired) electrons. The second kappa shape index (κ2) is 9.02. The summed E-state index contributed by atoms with van der Waals surface area (Å²) in [6, 6.07) is 8.25. The number of nitrogens with zero attached hydrogens (tertiary/aromatic N) is 3. The fourth-order valence-corrected chi connectivity index (χ4v) is 3.08. The number of alkyl halides is 5. The third kappa shape index (κ3) is 5.41. The third-order valence-corrected chi connectivity index (χ3v) is 4.97. The molecule has 0 spiro atoms. The van der Waals surface area contributed by atoms with E-state index in [9.17, 15) is 27.2 Å². The average molecular weight is 471 g/mol. The minimum atomic E-state index is -5.85. The first-order valence-electron chi connectivity index (χ1n) is 7.36. The first-order valence-corrected chi connectivity index (χ1v) is 8.93. The van der Waals surface area contributed by atoms with Gasteiger partial charge in [0.2, 0.25) is 0 Å². The molecule has 2 aromatic rings. The highest BCUT2D eigenvalue weighted by Gasteiger charge is 2.59. The molecule has 0 fully saturated rings. The Bertz CT molecular complexity index is 962. The van der Waals surface area contributed by atoms with Gasteiger partial charge in [-0.25, -0.2) is 4.98 Å². The molecule has 13 heteroatoms. The molecule has 29 heavy (non-hydrogen) atoms. The maximum atomic E-state index is 13.3. The molecule has 1 aromatic heterocycles. The Morgan fingerprint density at radius 3 is 2.34 bits per heavy atom. The van der Waals surface area contributed by atoms with Gasteiger partial charge in [0.05, 0.1) is 18.3 Å². The van der Waals surface area contributed by atoms with Gasteiger partial charge in [-0.3, -0.25) is 5.43 Å². The summed E-state index contributed by atoms with van der Waals surface area (Å²) >= 11 is 10.7. The first kappa shape index (κ1) is 23.0. The molecule has 0 saturated heterocycles. The van der Waals surface area contributed by atoms with E-state index in [2.05, 4.69) is 15.5 Å². The number of hydrogen-bond acceptors (Lipinski definition) is 6. The van der Waals surface area contributed by atoms with Crippen LogP contribution in [0, 0.1) is 11.3 Å². The van der Waals surface area contributed by atoms with Crippen molar-refractivity contribution in [3.05, 3.63) is 45.6 Å². The van der Waals surface area contributed by atoms with Crippen molar-refractivity contribution in [2.24, 2.45) is 5.10 Å². The number of hydrazone groups is 1. The number of methoxy groups -OCH3 is 1. The molecule has 0 saturated carbocycles.